The summed E-state index contributed by atoms with van der Waals surface area (Å²) in [6.45, 7) is 3.82. The fourth-order valence-corrected chi connectivity index (χ4v) is 4.65. The summed E-state index contributed by atoms with van der Waals surface area (Å²) in [5.74, 6) is -0.335. The molecule has 1 aliphatic rings. The van der Waals surface area contributed by atoms with E-state index in [9.17, 15) is 9.59 Å². The second kappa shape index (κ2) is 7.79. The van der Waals surface area contributed by atoms with Gasteiger partial charge in [0.25, 0.3) is 5.91 Å². The Labute approximate surface area is 186 Å². The third kappa shape index (κ3) is 3.58. The molecular formula is C21H15ClN2O4S2. The van der Waals surface area contributed by atoms with Gasteiger partial charge in [0.05, 0.1) is 15.5 Å². The number of hydrogen-bond donors (Lipinski definition) is 1. The second-order valence-corrected chi connectivity index (χ2v) is 8.71. The lowest BCUT2D eigenvalue weighted by atomic mass is 10.1. The smallest absolute Gasteiger partial charge is 0.337 e. The lowest BCUT2D eigenvalue weighted by molar-refractivity contribution is -0.114. The van der Waals surface area contributed by atoms with Gasteiger partial charge in [-0.1, -0.05) is 29.4 Å². The minimum absolute atomic E-state index is 0.0199. The Kier molecular flexibility index (Phi) is 5.31. The minimum Gasteiger partial charge on any atom is -0.478 e. The first kappa shape index (κ1) is 20.5. The van der Waals surface area contributed by atoms with Gasteiger partial charge in [0.1, 0.15) is 11.5 Å². The van der Waals surface area contributed by atoms with Crippen LogP contribution in [0, 0.1) is 13.8 Å². The molecular weight excluding hydrogens is 444 g/mol. The summed E-state index contributed by atoms with van der Waals surface area (Å²) in [6, 6.07) is 11.9. The summed E-state index contributed by atoms with van der Waals surface area (Å²) in [5.41, 5.74) is 2.47. The SMILES string of the molecule is Cc1ccc(C)n1N1C(=O)C(=Cc2ccc(-c3ccc(C(=O)O)c(Cl)c3)o2)SC1=S. The fourth-order valence-electron chi connectivity index (χ4n) is 3.16. The molecule has 4 rings (SSSR count). The van der Waals surface area contributed by atoms with Gasteiger partial charge >= 0.3 is 5.97 Å². The summed E-state index contributed by atoms with van der Waals surface area (Å²) in [5, 5.41) is 10.7. The predicted molar refractivity (Wildman–Crippen MR) is 121 cm³/mol. The number of amides is 1. The molecule has 0 saturated carbocycles. The van der Waals surface area contributed by atoms with Crippen molar-refractivity contribution in [1.82, 2.24) is 4.68 Å². The summed E-state index contributed by atoms with van der Waals surface area (Å²) in [4.78, 5) is 24.5. The number of carboxylic acids is 1. The maximum absolute atomic E-state index is 13.0. The van der Waals surface area contributed by atoms with Crippen LogP contribution < -0.4 is 5.01 Å². The summed E-state index contributed by atoms with van der Waals surface area (Å²) in [6.07, 6.45) is 1.64. The minimum atomic E-state index is -1.10. The van der Waals surface area contributed by atoms with Crippen LogP contribution in [-0.4, -0.2) is 26.0 Å². The number of rotatable bonds is 4. The number of hydrogen-bond acceptors (Lipinski definition) is 5. The molecule has 1 aromatic carbocycles. The molecule has 1 aliphatic heterocycles. The van der Waals surface area contributed by atoms with Gasteiger partial charge in [-0.2, -0.15) is 5.01 Å². The first-order valence-corrected chi connectivity index (χ1v) is 10.4. The Morgan fingerprint density at radius 3 is 2.50 bits per heavy atom. The summed E-state index contributed by atoms with van der Waals surface area (Å²) >= 11 is 12.7. The van der Waals surface area contributed by atoms with E-state index < -0.39 is 5.97 Å². The number of carbonyl (C=O) groups is 2. The van der Waals surface area contributed by atoms with Gasteiger partial charge in [-0.25, -0.2) is 4.79 Å². The average Bonchev–Trinajstić information content (AvgIpc) is 3.35. The number of aryl methyl sites for hydroxylation is 2. The van der Waals surface area contributed by atoms with Crippen molar-refractivity contribution in [1.29, 1.82) is 0 Å². The van der Waals surface area contributed by atoms with E-state index in [4.69, 9.17) is 33.3 Å². The van der Waals surface area contributed by atoms with Gasteiger partial charge < -0.3 is 9.52 Å². The van der Waals surface area contributed by atoms with Crippen LogP contribution in [0.3, 0.4) is 0 Å². The van der Waals surface area contributed by atoms with Crippen LogP contribution in [0.25, 0.3) is 17.4 Å². The first-order valence-electron chi connectivity index (χ1n) is 8.82. The molecule has 1 N–H and O–H groups in total. The monoisotopic (exact) mass is 458 g/mol. The quantitative estimate of drug-likeness (QED) is 0.425. The third-order valence-corrected chi connectivity index (χ3v) is 6.19. The number of furan rings is 1. The zero-order valence-electron chi connectivity index (χ0n) is 15.9. The van der Waals surface area contributed by atoms with Crippen LogP contribution in [0.2, 0.25) is 5.02 Å². The standard InChI is InChI=1S/C21H15ClN2O4S2/c1-11-3-4-12(2)23(11)24-19(25)18(30-21(24)29)10-14-6-8-17(28-14)13-5-7-15(20(26)27)16(22)9-13/h3-10H,1-2H3,(H,26,27). The van der Waals surface area contributed by atoms with Crippen molar-refractivity contribution in [2.24, 2.45) is 0 Å². The number of nitrogens with zero attached hydrogens (tertiary/aromatic N) is 2. The number of thiocarbonyl (C=S) groups is 1. The maximum Gasteiger partial charge on any atom is 0.337 e. The molecule has 1 fully saturated rings. The molecule has 2 aromatic heterocycles. The zero-order chi connectivity index (χ0) is 21.6. The van der Waals surface area contributed by atoms with Crippen molar-refractivity contribution in [2.45, 2.75) is 13.8 Å². The molecule has 1 amide bonds. The molecule has 0 aliphatic carbocycles. The van der Waals surface area contributed by atoms with Crippen molar-refractivity contribution in [3.63, 3.8) is 0 Å². The van der Waals surface area contributed by atoms with E-state index in [1.807, 2.05) is 26.0 Å². The fraction of sp³-hybridized carbons (Fsp3) is 0.0952. The van der Waals surface area contributed by atoms with E-state index >= 15 is 0 Å². The van der Waals surface area contributed by atoms with Crippen LogP contribution in [0.1, 0.15) is 27.5 Å². The van der Waals surface area contributed by atoms with Gasteiger partial charge in [0.2, 0.25) is 0 Å². The third-order valence-electron chi connectivity index (χ3n) is 4.59. The highest BCUT2D eigenvalue weighted by Crippen LogP contribution is 2.34. The Morgan fingerprint density at radius 1 is 1.17 bits per heavy atom. The summed E-state index contributed by atoms with van der Waals surface area (Å²) < 4.78 is 8.06. The molecule has 6 nitrogen and oxygen atoms in total. The molecule has 0 radical (unpaired) electrons. The number of halogens is 1. The van der Waals surface area contributed by atoms with E-state index in [1.54, 1.807) is 29.0 Å². The van der Waals surface area contributed by atoms with Crippen LogP contribution in [0.15, 0.2) is 51.8 Å². The highest BCUT2D eigenvalue weighted by molar-refractivity contribution is 8.27. The molecule has 0 spiro atoms. The molecule has 3 aromatic rings. The largest absolute Gasteiger partial charge is 0.478 e. The highest BCUT2D eigenvalue weighted by Gasteiger charge is 2.35. The second-order valence-electron chi connectivity index (χ2n) is 6.62. The van der Waals surface area contributed by atoms with Crippen LogP contribution in [0.5, 0.6) is 0 Å². The van der Waals surface area contributed by atoms with Crippen molar-refractivity contribution in [3.8, 4) is 11.3 Å². The number of benzene rings is 1. The Hall–Kier alpha value is -2.81. The van der Waals surface area contributed by atoms with Crippen molar-refractivity contribution < 1.29 is 19.1 Å². The normalized spacial score (nSPS) is 15.4. The Balaban J connectivity index is 1.62. The van der Waals surface area contributed by atoms with Crippen molar-refractivity contribution in [2.75, 3.05) is 5.01 Å². The van der Waals surface area contributed by atoms with Crippen LogP contribution >= 0.6 is 35.6 Å². The van der Waals surface area contributed by atoms with Gasteiger partial charge in [0.15, 0.2) is 4.32 Å². The molecule has 30 heavy (non-hydrogen) atoms. The molecule has 0 atom stereocenters. The van der Waals surface area contributed by atoms with E-state index in [0.717, 1.165) is 11.4 Å². The average molecular weight is 459 g/mol. The van der Waals surface area contributed by atoms with Gasteiger partial charge in [-0.3, -0.25) is 9.47 Å². The van der Waals surface area contributed by atoms with E-state index in [2.05, 4.69) is 0 Å². The van der Waals surface area contributed by atoms with Crippen molar-refractivity contribution >= 4 is 57.9 Å². The van der Waals surface area contributed by atoms with E-state index in [1.165, 1.54) is 28.9 Å². The number of aromatic carboxylic acids is 1. The Bertz CT molecular complexity index is 1220. The van der Waals surface area contributed by atoms with E-state index in [0.29, 0.717) is 26.3 Å². The number of thioether (sulfide) groups is 1. The van der Waals surface area contributed by atoms with Crippen LogP contribution in [-0.2, 0) is 4.79 Å². The molecule has 3 heterocycles. The summed E-state index contributed by atoms with van der Waals surface area (Å²) in [7, 11) is 0. The lowest BCUT2D eigenvalue weighted by Gasteiger charge is -2.20. The topological polar surface area (TPSA) is 75.7 Å². The predicted octanol–water partition coefficient (Wildman–Crippen LogP) is 5.25. The molecule has 1 saturated heterocycles. The number of carbonyl (C=O) groups excluding carboxylic acids is 1. The van der Waals surface area contributed by atoms with Gasteiger partial charge in [0, 0.05) is 23.0 Å². The molecule has 0 bridgehead atoms. The van der Waals surface area contributed by atoms with Crippen LogP contribution in [0.4, 0.5) is 0 Å². The lowest BCUT2D eigenvalue weighted by Crippen LogP contribution is -2.39. The maximum atomic E-state index is 13.0. The van der Waals surface area contributed by atoms with Gasteiger partial charge in [-0.15, -0.1) is 0 Å². The molecule has 152 valence electrons. The zero-order valence-corrected chi connectivity index (χ0v) is 18.3. The number of aromatic nitrogens is 1. The molecule has 9 heteroatoms. The van der Waals surface area contributed by atoms with Gasteiger partial charge in [-0.05, 0) is 62.5 Å². The number of carboxylic acid groups (broad SMARTS) is 1. The molecule has 0 unspecified atom stereocenters. The highest BCUT2D eigenvalue weighted by atomic mass is 35.5. The van der Waals surface area contributed by atoms with Crippen molar-refractivity contribution in [3.05, 3.63) is 75.1 Å². The Morgan fingerprint density at radius 2 is 1.87 bits per heavy atom. The van der Waals surface area contributed by atoms with E-state index in [-0.39, 0.29) is 16.5 Å². The first-order chi connectivity index (χ1) is 14.3.